The Morgan fingerprint density at radius 3 is 0.824 bits per heavy atom. The molecule has 9 aromatic carbocycles. The third-order valence-electron chi connectivity index (χ3n) is 13.1. The summed E-state index contributed by atoms with van der Waals surface area (Å²) in [5.41, 5.74) is 16.0. The molecule has 0 spiro atoms. The minimum absolute atomic E-state index is 0. The zero-order valence-electron chi connectivity index (χ0n) is 38.3. The molecule has 0 aromatic heterocycles. The van der Waals surface area contributed by atoms with Crippen LogP contribution in [0.2, 0.25) is 0 Å². The fourth-order valence-corrected chi connectivity index (χ4v) is 15.0. The summed E-state index contributed by atoms with van der Waals surface area (Å²) < 4.78 is 0. The van der Waals surface area contributed by atoms with Gasteiger partial charge in [0.15, 0.2) is 0 Å². The number of rotatable bonds is 12. The van der Waals surface area contributed by atoms with Gasteiger partial charge in [-0.1, -0.05) is 245 Å². The van der Waals surface area contributed by atoms with Crippen LogP contribution in [0.4, 0.5) is 0 Å². The normalized spacial score (nSPS) is 12.2. The van der Waals surface area contributed by atoms with E-state index in [9.17, 15) is 0 Å². The van der Waals surface area contributed by atoms with E-state index in [1.807, 2.05) is 0 Å². The minimum atomic E-state index is -3.38. The summed E-state index contributed by atoms with van der Waals surface area (Å²) in [6.07, 6.45) is 8.52. The third kappa shape index (κ3) is 10.5. The van der Waals surface area contributed by atoms with Crippen LogP contribution in [0.15, 0.2) is 253 Å². The van der Waals surface area contributed by atoms with Gasteiger partial charge in [0.25, 0.3) is 0 Å². The quantitative estimate of drug-likeness (QED) is 0.0650. The van der Waals surface area contributed by atoms with Crippen molar-refractivity contribution < 1.29 is 21.7 Å². The predicted octanol–water partition coefficient (Wildman–Crippen LogP) is 16.1. The van der Waals surface area contributed by atoms with Crippen molar-refractivity contribution in [2.45, 2.75) is 26.7 Å². The van der Waals surface area contributed by atoms with E-state index < -0.39 is 8.07 Å². The number of hydrogen-bond acceptors (Lipinski definition) is 0. The SMILES string of the molecule is CCC(C)C1=CC[C-]=C1[Si](c1cc(-c2ccccc2)cc(-c2ccccc2)c1)(c1cc(-c2ccccc2)cc(-c2ccccc2)c1)c1cc(-c2ccccc2)cc(-c2ccccc2)c1.Cl.Cl.Cl.[Ti]. The van der Waals surface area contributed by atoms with Crippen LogP contribution in [0.5, 0.6) is 0 Å². The molecule has 0 N–H and O–H groups in total. The van der Waals surface area contributed by atoms with Crippen molar-refractivity contribution in [3.63, 3.8) is 0 Å². The minimum Gasteiger partial charge on any atom is -0.272 e. The van der Waals surface area contributed by atoms with Gasteiger partial charge in [-0.05, 0) is 101 Å². The monoisotopic (exact) mass is 991 g/mol. The predicted molar refractivity (Wildman–Crippen MR) is 297 cm³/mol. The standard InChI is InChI=1S/C63H51Si.3ClH.Ti/c1-3-46(2)62-35-22-36-63(62)64(59-40-53(47-23-10-4-11-24-47)37-54(41-59)48-25-12-5-13-26-48,60-42-55(49-27-14-6-15-28-49)38-56(43-60)50-29-16-7-17-30-50)61-44-57(51-31-18-8-19-32-51)39-58(45-61)52-33-20-9-21-34-52;;;;/h4-21,23-35,37-46H,3,22H2,1-2H3;3*1H;/q-1;;;;. The maximum Gasteiger partial charge on any atom is 0.144 e. The molecule has 1 aliphatic rings. The smallest absolute Gasteiger partial charge is 0.144 e. The van der Waals surface area contributed by atoms with E-state index in [1.165, 1.54) is 93.1 Å². The Bertz CT molecular complexity index is 2630. The Labute approximate surface area is 438 Å². The van der Waals surface area contributed by atoms with Crippen molar-refractivity contribution in [2.24, 2.45) is 5.92 Å². The molecule has 0 bridgehead atoms. The van der Waals surface area contributed by atoms with Crippen LogP contribution in [0.1, 0.15) is 26.7 Å². The summed E-state index contributed by atoms with van der Waals surface area (Å²) in [4.78, 5) is 0. The summed E-state index contributed by atoms with van der Waals surface area (Å²) in [6.45, 7) is 4.75. The van der Waals surface area contributed by atoms with Crippen molar-refractivity contribution >= 4 is 60.9 Å². The zero-order chi connectivity index (χ0) is 43.3. The summed E-state index contributed by atoms with van der Waals surface area (Å²) in [5.74, 6) is 0.347. The molecule has 9 aromatic rings. The van der Waals surface area contributed by atoms with Gasteiger partial charge in [0, 0.05) is 21.7 Å². The second kappa shape index (κ2) is 23.5. The number of allylic oxidation sites excluding steroid dienone is 4. The van der Waals surface area contributed by atoms with Gasteiger partial charge in [-0.25, -0.2) is 5.20 Å². The van der Waals surface area contributed by atoms with Gasteiger partial charge in [0.2, 0.25) is 0 Å². The van der Waals surface area contributed by atoms with Crippen LogP contribution in [0, 0.1) is 12.0 Å². The van der Waals surface area contributed by atoms with Crippen molar-refractivity contribution in [1.29, 1.82) is 0 Å². The molecule has 0 radical (unpaired) electrons. The van der Waals surface area contributed by atoms with Crippen molar-refractivity contribution in [3.05, 3.63) is 260 Å². The van der Waals surface area contributed by atoms with E-state index in [4.69, 9.17) is 0 Å². The molecule has 10 rings (SSSR count). The van der Waals surface area contributed by atoms with Crippen LogP contribution in [-0.2, 0) is 21.7 Å². The molecule has 1 unspecified atom stereocenters. The maximum absolute atomic E-state index is 4.20. The summed E-state index contributed by atoms with van der Waals surface area (Å²) in [7, 11) is -3.38. The maximum atomic E-state index is 4.20. The number of hydrogen-bond donors (Lipinski definition) is 0. The molecule has 0 fully saturated rings. The summed E-state index contributed by atoms with van der Waals surface area (Å²) >= 11 is 0. The average molecular weight is 993 g/mol. The molecule has 68 heavy (non-hydrogen) atoms. The van der Waals surface area contributed by atoms with Crippen molar-refractivity contribution in [1.82, 2.24) is 0 Å². The summed E-state index contributed by atoms with van der Waals surface area (Å²) in [5, 5.41) is 5.42. The number of halogens is 3. The second-order valence-electron chi connectivity index (χ2n) is 17.1. The molecule has 1 aliphatic carbocycles. The Hall–Kier alpha value is -5.74. The second-order valence-corrected chi connectivity index (χ2v) is 20.8. The molecule has 1 atom stereocenters. The van der Waals surface area contributed by atoms with Crippen LogP contribution in [0.3, 0.4) is 0 Å². The van der Waals surface area contributed by atoms with E-state index >= 15 is 0 Å². The molecule has 0 saturated heterocycles. The molecule has 0 aliphatic heterocycles. The van der Waals surface area contributed by atoms with Gasteiger partial charge >= 0.3 is 0 Å². The van der Waals surface area contributed by atoms with Gasteiger partial charge in [0.05, 0.1) is 0 Å². The first-order valence-electron chi connectivity index (χ1n) is 22.7. The molecule has 336 valence electrons. The Balaban J connectivity index is 0.00000190. The molecule has 5 heteroatoms. The molecule has 0 heterocycles. The van der Waals surface area contributed by atoms with E-state index in [0.717, 1.165) is 12.8 Å². The Kier molecular flexibility index (Phi) is 17.9. The first-order chi connectivity index (χ1) is 31.6. The van der Waals surface area contributed by atoms with Crippen LogP contribution >= 0.6 is 37.2 Å². The van der Waals surface area contributed by atoms with Gasteiger partial charge in [-0.2, -0.15) is 11.6 Å². The van der Waals surface area contributed by atoms with Crippen molar-refractivity contribution in [3.8, 4) is 66.8 Å². The number of benzene rings is 9. The molecule has 0 nitrogen and oxygen atoms in total. The zero-order valence-corrected chi connectivity index (χ0v) is 43.3. The fourth-order valence-electron chi connectivity index (χ4n) is 9.73. The topological polar surface area (TPSA) is 0 Å². The van der Waals surface area contributed by atoms with Crippen LogP contribution < -0.4 is 15.6 Å². The van der Waals surface area contributed by atoms with E-state index in [0.29, 0.717) is 5.92 Å². The van der Waals surface area contributed by atoms with Crippen LogP contribution in [-0.4, -0.2) is 8.07 Å². The molecular formula is C63H54Cl3SiTi-. The van der Waals surface area contributed by atoms with Crippen molar-refractivity contribution in [2.75, 3.05) is 0 Å². The van der Waals surface area contributed by atoms with E-state index in [1.54, 1.807) is 0 Å². The molecular weight excluding hydrogens is 939 g/mol. The fraction of sp³-hybridized carbons (Fsp3) is 0.0794. The largest absolute Gasteiger partial charge is 0.272 e. The Morgan fingerprint density at radius 1 is 0.368 bits per heavy atom. The van der Waals surface area contributed by atoms with Crippen LogP contribution in [0.25, 0.3) is 66.8 Å². The third-order valence-corrected chi connectivity index (χ3v) is 17.8. The first kappa shape index (κ1) is 51.6. The van der Waals surface area contributed by atoms with E-state index in [-0.39, 0.29) is 58.9 Å². The molecule has 0 saturated carbocycles. The Morgan fingerprint density at radius 2 is 0.603 bits per heavy atom. The molecule has 0 amide bonds. The van der Waals surface area contributed by atoms with Gasteiger partial charge in [-0.3, -0.25) is 6.08 Å². The van der Waals surface area contributed by atoms with Gasteiger partial charge in [0.1, 0.15) is 8.07 Å². The average Bonchev–Trinajstić information content (AvgIpc) is 3.88. The summed E-state index contributed by atoms with van der Waals surface area (Å²) in [6, 6.07) is 88.3. The van der Waals surface area contributed by atoms with Gasteiger partial charge < -0.3 is 0 Å². The first-order valence-corrected chi connectivity index (χ1v) is 24.7. The van der Waals surface area contributed by atoms with Gasteiger partial charge in [-0.15, -0.1) is 43.6 Å². The van der Waals surface area contributed by atoms with E-state index in [2.05, 4.69) is 263 Å².